The number of carbonyl (C=O) groups excluding carboxylic acids is 2. The van der Waals surface area contributed by atoms with E-state index in [9.17, 15) is 0 Å². The van der Waals surface area contributed by atoms with Crippen LogP contribution >= 0.6 is 0 Å². The van der Waals surface area contributed by atoms with Crippen molar-refractivity contribution in [1.29, 1.82) is 0 Å². The SMILES string of the molecule is O=C([O-])C(=O)[O-].O=[N+]([O-])O.[Na+].[Na+]. The van der Waals surface area contributed by atoms with Gasteiger partial charge in [-0.2, -0.15) is 0 Å². The van der Waals surface area contributed by atoms with Crippen LogP contribution in [0.4, 0.5) is 0 Å². The maximum Gasteiger partial charge on any atom is 1.00 e. The fraction of sp³-hybridized carbons (Fsp3) is 0. The molecule has 0 radical (unpaired) electrons. The number of carbonyl (C=O) groups is 2. The summed E-state index contributed by atoms with van der Waals surface area (Å²) in [6, 6.07) is 0. The zero-order valence-corrected chi connectivity index (χ0v) is 10.3. The molecule has 0 rings (SSSR count). The average Bonchev–Trinajstić information content (AvgIpc) is 1.63. The topological polar surface area (TPSA) is 144 Å². The molecule has 0 amide bonds. The van der Waals surface area contributed by atoms with Crippen LogP contribution < -0.4 is 69.3 Å². The summed E-state index contributed by atoms with van der Waals surface area (Å²) in [4.78, 5) is 26.2. The molecule has 0 fully saturated rings. The smallest absolute Gasteiger partial charge is 0.543 e. The first-order valence-electron chi connectivity index (χ1n) is 1.63. The number of hydrogen-bond donors (Lipinski definition) is 1. The minimum atomic E-state index is -2.19. The summed E-state index contributed by atoms with van der Waals surface area (Å²) in [5.41, 5.74) is 0. The molecule has 0 heterocycles. The molecule has 0 bridgehead atoms. The minimum Gasteiger partial charge on any atom is -0.543 e. The van der Waals surface area contributed by atoms with E-state index in [1.807, 2.05) is 0 Å². The summed E-state index contributed by atoms with van der Waals surface area (Å²) >= 11 is 0. The minimum absolute atomic E-state index is 0. The second-order valence-electron chi connectivity index (χ2n) is 0.813. The normalized spacial score (nSPS) is 5.67. The summed E-state index contributed by atoms with van der Waals surface area (Å²) in [5.74, 6) is -4.37. The Bertz CT molecular complexity index is 141. The second kappa shape index (κ2) is 13.7. The van der Waals surface area contributed by atoms with Gasteiger partial charge in [0.1, 0.15) is 0 Å². The molecule has 0 saturated carbocycles. The molecular weight excluding hydrogens is 196 g/mol. The van der Waals surface area contributed by atoms with E-state index in [0.717, 1.165) is 0 Å². The molecule has 0 aromatic rings. The zero-order chi connectivity index (χ0) is 8.73. The predicted molar refractivity (Wildman–Crippen MR) is 18.8 cm³/mol. The molecule has 10 heteroatoms. The third-order valence-corrected chi connectivity index (χ3v) is 0.167. The van der Waals surface area contributed by atoms with E-state index < -0.39 is 17.0 Å². The van der Waals surface area contributed by atoms with Crippen molar-refractivity contribution >= 4 is 11.9 Å². The molecule has 0 spiro atoms. The van der Waals surface area contributed by atoms with E-state index in [1.54, 1.807) is 0 Å². The van der Waals surface area contributed by atoms with Gasteiger partial charge in [-0.1, -0.05) is 0 Å². The van der Waals surface area contributed by atoms with Gasteiger partial charge >= 0.3 is 59.1 Å². The van der Waals surface area contributed by atoms with E-state index >= 15 is 0 Å². The van der Waals surface area contributed by atoms with Gasteiger partial charge in [-0.05, 0) is 0 Å². The summed E-state index contributed by atoms with van der Waals surface area (Å²) in [5, 5.41) is 31.5. The monoisotopic (exact) mass is 197 g/mol. The molecule has 0 unspecified atom stereocenters. The summed E-state index contributed by atoms with van der Waals surface area (Å²) in [6.07, 6.45) is 0. The van der Waals surface area contributed by atoms with Crippen LogP contribution in [0.5, 0.6) is 0 Å². The maximum atomic E-state index is 8.93. The molecule has 0 saturated heterocycles. The van der Waals surface area contributed by atoms with Crippen molar-refractivity contribution in [3.05, 3.63) is 10.1 Å². The van der Waals surface area contributed by atoms with Gasteiger partial charge in [-0.15, -0.1) is 10.1 Å². The number of rotatable bonds is 0. The van der Waals surface area contributed by atoms with Gasteiger partial charge in [0.2, 0.25) is 0 Å². The Morgan fingerprint density at radius 1 is 1.08 bits per heavy atom. The van der Waals surface area contributed by atoms with Crippen LogP contribution in [-0.2, 0) is 9.59 Å². The Labute approximate surface area is 110 Å². The van der Waals surface area contributed by atoms with E-state index in [4.69, 9.17) is 35.1 Å². The Morgan fingerprint density at radius 3 is 1.17 bits per heavy atom. The van der Waals surface area contributed by atoms with Crippen molar-refractivity contribution in [2.45, 2.75) is 0 Å². The van der Waals surface area contributed by atoms with Gasteiger partial charge in [-0.3, -0.25) is 0 Å². The van der Waals surface area contributed by atoms with Crippen LogP contribution in [0.25, 0.3) is 0 Å². The standard InChI is InChI=1S/C2H2O4.HNO3.2Na/c3-1(4)2(5)6;2-1(3)4;;/h(H,3,4)(H,5,6);(H,2,3,4);;/q;;2*+1/p-2. The Kier molecular flexibility index (Phi) is 26.0. The van der Waals surface area contributed by atoms with E-state index in [1.165, 1.54) is 0 Å². The largest absolute Gasteiger partial charge is 1.00 e. The van der Waals surface area contributed by atoms with Crippen molar-refractivity contribution < 1.29 is 89.2 Å². The first-order valence-corrected chi connectivity index (χ1v) is 1.63. The molecule has 0 aromatic carbocycles. The van der Waals surface area contributed by atoms with Crippen LogP contribution in [0, 0.1) is 10.1 Å². The van der Waals surface area contributed by atoms with Crippen LogP contribution in [0.2, 0.25) is 0 Å². The van der Waals surface area contributed by atoms with Gasteiger partial charge in [0.25, 0.3) is 5.09 Å². The molecule has 8 nitrogen and oxygen atoms in total. The fourth-order valence-corrected chi connectivity index (χ4v) is 0. The van der Waals surface area contributed by atoms with Crippen molar-refractivity contribution in [3.63, 3.8) is 0 Å². The van der Waals surface area contributed by atoms with Gasteiger partial charge in [0.05, 0.1) is 11.9 Å². The third kappa shape index (κ3) is 49.4. The van der Waals surface area contributed by atoms with E-state index in [0.29, 0.717) is 0 Å². The molecule has 0 aromatic heterocycles. The van der Waals surface area contributed by atoms with Crippen molar-refractivity contribution in [2.75, 3.05) is 0 Å². The van der Waals surface area contributed by atoms with Gasteiger partial charge in [0.15, 0.2) is 0 Å². The van der Waals surface area contributed by atoms with E-state index in [2.05, 4.69) is 0 Å². The molecule has 12 heavy (non-hydrogen) atoms. The zero-order valence-electron chi connectivity index (χ0n) is 6.34. The van der Waals surface area contributed by atoms with Crippen molar-refractivity contribution in [2.24, 2.45) is 0 Å². The molecule has 58 valence electrons. The number of nitrogens with zero attached hydrogens (tertiary/aromatic N) is 1. The van der Waals surface area contributed by atoms with Crippen LogP contribution in [0.3, 0.4) is 0 Å². The Hall–Kier alpha value is 0.140. The summed E-state index contributed by atoms with van der Waals surface area (Å²) in [6.45, 7) is 0. The van der Waals surface area contributed by atoms with Gasteiger partial charge in [-0.25, -0.2) is 0 Å². The molecule has 0 aliphatic rings. The van der Waals surface area contributed by atoms with Crippen LogP contribution in [0.15, 0.2) is 0 Å². The van der Waals surface area contributed by atoms with Crippen LogP contribution in [0.1, 0.15) is 0 Å². The van der Waals surface area contributed by atoms with Crippen molar-refractivity contribution in [1.82, 2.24) is 0 Å². The average molecular weight is 197 g/mol. The molecule has 0 aliphatic carbocycles. The second-order valence-corrected chi connectivity index (χ2v) is 0.813. The Morgan fingerprint density at radius 2 is 1.17 bits per heavy atom. The fourth-order valence-electron chi connectivity index (χ4n) is 0. The molecular formula is C2HNNa2O7. The first-order chi connectivity index (χ1) is 4.37. The quantitative estimate of drug-likeness (QED) is 0.175. The van der Waals surface area contributed by atoms with Crippen LogP contribution in [-0.4, -0.2) is 22.2 Å². The van der Waals surface area contributed by atoms with Gasteiger partial charge < -0.3 is 25.0 Å². The molecule has 0 aliphatic heterocycles. The van der Waals surface area contributed by atoms with Crippen molar-refractivity contribution in [3.8, 4) is 0 Å². The van der Waals surface area contributed by atoms with E-state index in [-0.39, 0.29) is 59.1 Å². The maximum absolute atomic E-state index is 8.93. The summed E-state index contributed by atoms with van der Waals surface area (Å²) in [7, 11) is 0. The number of hydrogen-bond acceptors (Lipinski definition) is 6. The summed E-state index contributed by atoms with van der Waals surface area (Å²) < 4.78 is 0. The third-order valence-electron chi connectivity index (χ3n) is 0.167. The van der Waals surface area contributed by atoms with Gasteiger partial charge in [0, 0.05) is 0 Å². The predicted octanol–water partition coefficient (Wildman–Crippen LogP) is -9.85. The first kappa shape index (κ1) is 22.7. The molecule has 0 atom stereocenters. The molecule has 1 N–H and O–H groups in total. The number of aliphatic carboxylic acids is 2. The number of carboxylic acid groups (broad SMARTS) is 2. The Balaban J connectivity index is -0.0000000483. The number of carboxylic acids is 2.